The molecule has 4 saturated carbocycles. The van der Waals surface area contributed by atoms with Crippen LogP contribution in [-0.4, -0.2) is 23.3 Å². The van der Waals surface area contributed by atoms with E-state index in [0.29, 0.717) is 19.4 Å². The molecule has 5 aliphatic rings. The molecular weight excluding hydrogens is 262 g/mol. The van der Waals surface area contributed by atoms with Crippen LogP contribution >= 0.6 is 0 Å². The van der Waals surface area contributed by atoms with E-state index >= 15 is 0 Å². The minimum Gasteiger partial charge on any atom is -0.283 e. The van der Waals surface area contributed by atoms with E-state index in [9.17, 15) is 9.59 Å². The van der Waals surface area contributed by atoms with Crippen molar-refractivity contribution in [1.82, 2.24) is 4.90 Å². The summed E-state index contributed by atoms with van der Waals surface area (Å²) in [6, 6.07) is 0. The van der Waals surface area contributed by atoms with Gasteiger partial charge in [0.05, 0.1) is 0 Å². The number of carbonyl (C=O) groups is 2. The molecule has 4 bridgehead atoms. The van der Waals surface area contributed by atoms with Gasteiger partial charge in [0.2, 0.25) is 11.8 Å². The van der Waals surface area contributed by atoms with Gasteiger partial charge in [0.1, 0.15) is 0 Å². The first kappa shape index (κ1) is 13.8. The summed E-state index contributed by atoms with van der Waals surface area (Å²) in [5, 5.41) is 0. The van der Waals surface area contributed by atoms with Gasteiger partial charge in [-0.2, -0.15) is 0 Å². The Bertz CT molecular complexity index is 421. The molecule has 5 rings (SSSR count). The van der Waals surface area contributed by atoms with Gasteiger partial charge in [0.25, 0.3) is 0 Å². The summed E-state index contributed by atoms with van der Waals surface area (Å²) < 4.78 is 0. The largest absolute Gasteiger partial charge is 0.283 e. The Morgan fingerprint density at radius 3 is 2.24 bits per heavy atom. The third-order valence-corrected chi connectivity index (χ3v) is 6.57. The first-order valence-corrected chi connectivity index (χ1v) is 8.97. The number of nitrogens with zero attached hydrogens (tertiary/aromatic N) is 1. The Labute approximate surface area is 127 Å². The zero-order valence-electron chi connectivity index (χ0n) is 13.0. The van der Waals surface area contributed by atoms with E-state index < -0.39 is 0 Å². The van der Waals surface area contributed by atoms with Crippen LogP contribution in [0.4, 0.5) is 0 Å². The lowest BCUT2D eigenvalue weighted by atomic mass is 9.49. The third kappa shape index (κ3) is 2.53. The van der Waals surface area contributed by atoms with Gasteiger partial charge >= 0.3 is 0 Å². The second-order valence-electron chi connectivity index (χ2n) is 8.34. The van der Waals surface area contributed by atoms with Crippen LogP contribution in [0.1, 0.15) is 70.6 Å². The summed E-state index contributed by atoms with van der Waals surface area (Å²) in [5.41, 5.74) is 0.262. The molecule has 0 atom stereocenters. The fraction of sp³-hybridized carbons (Fsp3) is 0.889. The van der Waals surface area contributed by atoms with E-state index in [2.05, 4.69) is 0 Å². The van der Waals surface area contributed by atoms with Gasteiger partial charge in [0.15, 0.2) is 0 Å². The van der Waals surface area contributed by atoms with Crippen LogP contribution in [-0.2, 0) is 9.59 Å². The van der Waals surface area contributed by atoms with Gasteiger partial charge in [-0.05, 0) is 74.5 Å². The molecule has 1 saturated heterocycles. The molecule has 0 aromatic rings. The van der Waals surface area contributed by atoms with Crippen molar-refractivity contribution in [2.45, 2.75) is 70.6 Å². The van der Waals surface area contributed by atoms with Crippen molar-refractivity contribution in [1.29, 1.82) is 0 Å². The van der Waals surface area contributed by atoms with E-state index in [1.165, 1.54) is 38.5 Å². The Morgan fingerprint density at radius 2 is 1.62 bits per heavy atom. The highest BCUT2D eigenvalue weighted by Crippen LogP contribution is 2.61. The van der Waals surface area contributed by atoms with Crippen LogP contribution in [0.15, 0.2) is 0 Å². The van der Waals surface area contributed by atoms with Crippen LogP contribution in [0.5, 0.6) is 0 Å². The normalized spacial score (nSPS) is 42.2. The van der Waals surface area contributed by atoms with Crippen molar-refractivity contribution in [2.24, 2.45) is 23.2 Å². The minimum absolute atomic E-state index is 0.0854. The molecule has 5 fully saturated rings. The molecule has 0 unspecified atom stereocenters. The van der Waals surface area contributed by atoms with Crippen LogP contribution in [0.2, 0.25) is 0 Å². The van der Waals surface area contributed by atoms with E-state index in [0.717, 1.165) is 37.0 Å². The summed E-state index contributed by atoms with van der Waals surface area (Å²) in [6.45, 7) is 0.671. The highest BCUT2D eigenvalue weighted by Gasteiger charge is 2.51. The van der Waals surface area contributed by atoms with Crippen LogP contribution in [0, 0.1) is 23.2 Å². The molecule has 0 N–H and O–H groups in total. The standard InChI is InChI=1S/C18H27NO2/c20-16-4-2-1-3-5-19(16)17(21)12-18-9-13-6-14(10-18)8-15(7-13)11-18/h13-15H,1-12H2. The number of rotatable bonds is 2. The molecule has 3 nitrogen and oxygen atoms in total. The molecule has 2 amide bonds. The predicted molar refractivity (Wildman–Crippen MR) is 80.4 cm³/mol. The molecule has 4 aliphatic carbocycles. The highest BCUT2D eigenvalue weighted by molar-refractivity contribution is 5.95. The molecule has 0 radical (unpaired) electrons. The first-order valence-electron chi connectivity index (χ1n) is 8.97. The summed E-state index contributed by atoms with van der Waals surface area (Å²) in [4.78, 5) is 26.5. The van der Waals surface area contributed by atoms with Crippen molar-refractivity contribution < 1.29 is 9.59 Å². The zero-order chi connectivity index (χ0) is 14.4. The smallest absolute Gasteiger partial charge is 0.229 e. The zero-order valence-corrected chi connectivity index (χ0v) is 13.0. The van der Waals surface area contributed by atoms with Gasteiger partial charge in [-0.3, -0.25) is 14.5 Å². The van der Waals surface area contributed by atoms with E-state index in [1.54, 1.807) is 4.90 Å². The first-order chi connectivity index (χ1) is 10.1. The minimum atomic E-state index is 0.0854. The summed E-state index contributed by atoms with van der Waals surface area (Å²) in [6.07, 6.45) is 12.3. The number of hydrogen-bond acceptors (Lipinski definition) is 2. The van der Waals surface area contributed by atoms with Gasteiger partial charge in [-0.15, -0.1) is 0 Å². The number of carbonyl (C=O) groups excluding carboxylic acids is 2. The topological polar surface area (TPSA) is 37.4 Å². The highest BCUT2D eigenvalue weighted by atomic mass is 16.2. The maximum atomic E-state index is 12.8. The second-order valence-corrected chi connectivity index (χ2v) is 8.34. The van der Waals surface area contributed by atoms with Crippen LogP contribution in [0.25, 0.3) is 0 Å². The van der Waals surface area contributed by atoms with Gasteiger partial charge in [-0.25, -0.2) is 0 Å². The van der Waals surface area contributed by atoms with Gasteiger partial charge in [-0.1, -0.05) is 6.42 Å². The fourth-order valence-corrected chi connectivity index (χ4v) is 6.17. The molecule has 0 aromatic heterocycles. The maximum absolute atomic E-state index is 12.8. The number of hydrogen-bond donors (Lipinski definition) is 0. The van der Waals surface area contributed by atoms with E-state index in [4.69, 9.17) is 0 Å². The van der Waals surface area contributed by atoms with Crippen molar-refractivity contribution in [3.05, 3.63) is 0 Å². The molecule has 0 spiro atoms. The Hall–Kier alpha value is -0.860. The average Bonchev–Trinajstić information content (AvgIpc) is 2.61. The number of imide groups is 1. The second kappa shape index (κ2) is 5.10. The van der Waals surface area contributed by atoms with Crippen LogP contribution < -0.4 is 0 Å². The molecule has 0 aromatic carbocycles. The van der Waals surface area contributed by atoms with Crippen molar-refractivity contribution in [2.75, 3.05) is 6.54 Å². The quantitative estimate of drug-likeness (QED) is 0.780. The summed E-state index contributed by atoms with van der Waals surface area (Å²) in [5.74, 6) is 2.86. The van der Waals surface area contributed by atoms with Gasteiger partial charge < -0.3 is 0 Å². The lowest BCUT2D eigenvalue weighted by Gasteiger charge is -2.56. The maximum Gasteiger partial charge on any atom is 0.229 e. The average molecular weight is 289 g/mol. The van der Waals surface area contributed by atoms with Crippen molar-refractivity contribution in [3.63, 3.8) is 0 Å². The van der Waals surface area contributed by atoms with E-state index in [1.807, 2.05) is 0 Å². The number of amides is 2. The number of likely N-dealkylation sites (tertiary alicyclic amines) is 1. The summed E-state index contributed by atoms with van der Waals surface area (Å²) in [7, 11) is 0. The molecule has 1 heterocycles. The molecule has 21 heavy (non-hydrogen) atoms. The van der Waals surface area contributed by atoms with Gasteiger partial charge in [0, 0.05) is 19.4 Å². The molecule has 3 heteroatoms. The van der Waals surface area contributed by atoms with Crippen molar-refractivity contribution >= 4 is 11.8 Å². The predicted octanol–water partition coefficient (Wildman–Crippen LogP) is 3.52. The van der Waals surface area contributed by atoms with Crippen LogP contribution in [0.3, 0.4) is 0 Å². The van der Waals surface area contributed by atoms with Crippen molar-refractivity contribution in [3.8, 4) is 0 Å². The Balaban J connectivity index is 1.47. The fourth-order valence-electron chi connectivity index (χ4n) is 6.17. The molecule has 1 aliphatic heterocycles. The third-order valence-electron chi connectivity index (χ3n) is 6.57. The SMILES string of the molecule is O=C1CCCCCN1C(=O)CC12CC3CC(CC(C3)C1)C2. The lowest BCUT2D eigenvalue weighted by Crippen LogP contribution is -2.49. The Morgan fingerprint density at radius 1 is 1.00 bits per heavy atom. The lowest BCUT2D eigenvalue weighted by molar-refractivity contribution is -0.149. The molecule has 116 valence electrons. The molecular formula is C18H27NO2. The van der Waals surface area contributed by atoms with E-state index in [-0.39, 0.29) is 17.2 Å². The Kier molecular flexibility index (Phi) is 3.35. The summed E-state index contributed by atoms with van der Waals surface area (Å²) >= 11 is 0. The monoisotopic (exact) mass is 289 g/mol.